The van der Waals surface area contributed by atoms with Gasteiger partial charge < -0.3 is 10.8 Å². The molecule has 0 radical (unpaired) electrons. The number of aliphatic hydroxyl groups excluding tert-OH is 1. The Morgan fingerprint density at radius 3 is 2.23 bits per heavy atom. The van der Waals surface area contributed by atoms with E-state index in [0.29, 0.717) is 6.54 Å². The molecule has 2 nitrogen and oxygen atoms in total. The lowest BCUT2D eigenvalue weighted by molar-refractivity contribution is -0.0199. The van der Waals surface area contributed by atoms with Gasteiger partial charge in [-0.3, -0.25) is 0 Å². The highest BCUT2D eigenvalue weighted by molar-refractivity contribution is 5.03. The Balaban J connectivity index is 2.69. The number of hydrogen-bond donors (Lipinski definition) is 2. The standard InChI is InChI=1S/C11H23NO/c1-4-10(3,8-12)9(13)11(5-2)6-7-11/h9,13H,4-8,12H2,1-3H3. The smallest absolute Gasteiger partial charge is 0.0661 e. The van der Waals surface area contributed by atoms with E-state index < -0.39 is 0 Å². The molecule has 0 amide bonds. The largest absolute Gasteiger partial charge is 0.392 e. The van der Waals surface area contributed by atoms with Gasteiger partial charge in [0.05, 0.1) is 6.10 Å². The molecule has 1 fully saturated rings. The van der Waals surface area contributed by atoms with Crippen molar-refractivity contribution in [2.45, 2.75) is 52.6 Å². The molecule has 0 spiro atoms. The second kappa shape index (κ2) is 3.58. The summed E-state index contributed by atoms with van der Waals surface area (Å²) in [5.74, 6) is 0. The van der Waals surface area contributed by atoms with E-state index in [1.54, 1.807) is 0 Å². The Morgan fingerprint density at radius 1 is 1.46 bits per heavy atom. The summed E-state index contributed by atoms with van der Waals surface area (Å²) in [6.07, 6.45) is 4.21. The van der Waals surface area contributed by atoms with Crippen LogP contribution in [0.5, 0.6) is 0 Å². The number of aliphatic hydroxyl groups is 1. The zero-order valence-electron chi connectivity index (χ0n) is 9.14. The lowest BCUT2D eigenvalue weighted by Crippen LogP contribution is -2.44. The first-order valence-electron chi connectivity index (χ1n) is 5.43. The molecule has 0 aromatic carbocycles. The minimum Gasteiger partial charge on any atom is -0.392 e. The molecule has 0 heterocycles. The fraction of sp³-hybridized carbons (Fsp3) is 1.00. The van der Waals surface area contributed by atoms with E-state index in [1.165, 1.54) is 12.8 Å². The van der Waals surface area contributed by atoms with Crippen molar-refractivity contribution in [3.8, 4) is 0 Å². The molecular weight excluding hydrogens is 162 g/mol. The zero-order valence-corrected chi connectivity index (χ0v) is 9.14. The summed E-state index contributed by atoms with van der Waals surface area (Å²) in [5.41, 5.74) is 5.87. The van der Waals surface area contributed by atoms with Crippen LogP contribution in [0, 0.1) is 10.8 Å². The summed E-state index contributed by atoms with van der Waals surface area (Å²) in [4.78, 5) is 0. The Bertz CT molecular complexity index is 171. The van der Waals surface area contributed by atoms with Gasteiger partial charge in [0.25, 0.3) is 0 Å². The SMILES string of the molecule is CCC(C)(CN)C(O)C1(CC)CC1. The van der Waals surface area contributed by atoms with E-state index in [2.05, 4.69) is 20.8 Å². The van der Waals surface area contributed by atoms with Crippen LogP contribution in [-0.2, 0) is 0 Å². The molecule has 1 saturated carbocycles. The molecule has 0 aromatic heterocycles. The fourth-order valence-corrected chi connectivity index (χ4v) is 2.17. The molecular formula is C11H23NO. The van der Waals surface area contributed by atoms with Gasteiger partial charge in [-0.05, 0) is 31.1 Å². The van der Waals surface area contributed by atoms with Crippen LogP contribution in [0.25, 0.3) is 0 Å². The third-order valence-corrected chi connectivity index (χ3v) is 4.11. The molecule has 0 saturated heterocycles. The van der Waals surface area contributed by atoms with Crippen LogP contribution in [0.4, 0.5) is 0 Å². The second-order valence-electron chi connectivity index (χ2n) is 4.83. The summed E-state index contributed by atoms with van der Waals surface area (Å²) in [5, 5.41) is 10.3. The van der Waals surface area contributed by atoms with E-state index >= 15 is 0 Å². The van der Waals surface area contributed by atoms with Gasteiger partial charge in [-0.2, -0.15) is 0 Å². The van der Waals surface area contributed by atoms with Gasteiger partial charge in [-0.25, -0.2) is 0 Å². The zero-order chi connectivity index (χ0) is 10.1. The van der Waals surface area contributed by atoms with Crippen molar-refractivity contribution in [3.05, 3.63) is 0 Å². The summed E-state index contributed by atoms with van der Waals surface area (Å²) in [7, 11) is 0. The summed E-state index contributed by atoms with van der Waals surface area (Å²) in [6, 6.07) is 0. The Hall–Kier alpha value is -0.0800. The molecule has 78 valence electrons. The van der Waals surface area contributed by atoms with Crippen LogP contribution in [-0.4, -0.2) is 17.8 Å². The van der Waals surface area contributed by atoms with E-state index in [4.69, 9.17) is 5.73 Å². The number of rotatable bonds is 5. The molecule has 2 unspecified atom stereocenters. The Labute approximate surface area is 81.5 Å². The normalized spacial score (nSPS) is 26.5. The fourth-order valence-electron chi connectivity index (χ4n) is 2.17. The summed E-state index contributed by atoms with van der Waals surface area (Å²) < 4.78 is 0. The maximum atomic E-state index is 10.3. The van der Waals surface area contributed by atoms with Crippen molar-refractivity contribution in [1.29, 1.82) is 0 Å². The highest BCUT2D eigenvalue weighted by atomic mass is 16.3. The van der Waals surface area contributed by atoms with Crippen molar-refractivity contribution < 1.29 is 5.11 Å². The van der Waals surface area contributed by atoms with Crippen molar-refractivity contribution in [2.75, 3.05) is 6.54 Å². The highest BCUT2D eigenvalue weighted by Gasteiger charge is 2.52. The van der Waals surface area contributed by atoms with Gasteiger partial charge >= 0.3 is 0 Å². The molecule has 3 N–H and O–H groups in total. The summed E-state index contributed by atoms with van der Waals surface area (Å²) in [6.45, 7) is 6.98. The van der Waals surface area contributed by atoms with Crippen molar-refractivity contribution in [3.63, 3.8) is 0 Å². The van der Waals surface area contributed by atoms with Gasteiger partial charge in [-0.15, -0.1) is 0 Å². The topological polar surface area (TPSA) is 46.2 Å². The minimum atomic E-state index is -0.208. The van der Waals surface area contributed by atoms with E-state index in [-0.39, 0.29) is 16.9 Å². The Kier molecular flexibility index (Phi) is 3.03. The maximum absolute atomic E-state index is 10.3. The van der Waals surface area contributed by atoms with Crippen molar-refractivity contribution in [2.24, 2.45) is 16.6 Å². The van der Waals surface area contributed by atoms with E-state index in [1.807, 2.05) is 0 Å². The van der Waals surface area contributed by atoms with E-state index in [0.717, 1.165) is 12.8 Å². The van der Waals surface area contributed by atoms with Crippen LogP contribution in [0.2, 0.25) is 0 Å². The summed E-state index contributed by atoms with van der Waals surface area (Å²) >= 11 is 0. The van der Waals surface area contributed by atoms with E-state index in [9.17, 15) is 5.11 Å². The first-order chi connectivity index (χ1) is 6.04. The van der Waals surface area contributed by atoms with Crippen LogP contribution in [0.1, 0.15) is 46.5 Å². The highest BCUT2D eigenvalue weighted by Crippen LogP contribution is 2.56. The van der Waals surface area contributed by atoms with Crippen LogP contribution in [0.15, 0.2) is 0 Å². The predicted octanol–water partition coefficient (Wildman–Crippen LogP) is 1.91. The van der Waals surface area contributed by atoms with Gasteiger partial charge in [-0.1, -0.05) is 20.8 Å². The van der Waals surface area contributed by atoms with Crippen LogP contribution < -0.4 is 5.73 Å². The molecule has 0 aliphatic heterocycles. The molecule has 1 aliphatic rings. The molecule has 0 aromatic rings. The predicted molar refractivity (Wildman–Crippen MR) is 55.4 cm³/mol. The first kappa shape index (κ1) is 11.0. The van der Waals surface area contributed by atoms with Gasteiger partial charge in [0.2, 0.25) is 0 Å². The molecule has 1 aliphatic carbocycles. The third kappa shape index (κ3) is 1.75. The lowest BCUT2D eigenvalue weighted by Gasteiger charge is -2.37. The van der Waals surface area contributed by atoms with Crippen LogP contribution in [0.3, 0.4) is 0 Å². The molecule has 1 rings (SSSR count). The van der Waals surface area contributed by atoms with Gasteiger partial charge in [0.15, 0.2) is 0 Å². The van der Waals surface area contributed by atoms with Crippen LogP contribution >= 0.6 is 0 Å². The molecule has 2 atom stereocenters. The van der Waals surface area contributed by atoms with Gasteiger partial charge in [0, 0.05) is 12.0 Å². The lowest BCUT2D eigenvalue weighted by atomic mass is 9.73. The quantitative estimate of drug-likeness (QED) is 0.687. The number of hydrogen-bond acceptors (Lipinski definition) is 2. The Morgan fingerprint density at radius 2 is 2.00 bits per heavy atom. The van der Waals surface area contributed by atoms with Crippen molar-refractivity contribution in [1.82, 2.24) is 0 Å². The third-order valence-electron chi connectivity index (χ3n) is 4.11. The average molecular weight is 185 g/mol. The minimum absolute atomic E-state index is 0.0769. The number of nitrogens with two attached hydrogens (primary N) is 1. The van der Waals surface area contributed by atoms with Gasteiger partial charge in [0.1, 0.15) is 0 Å². The molecule has 2 heteroatoms. The van der Waals surface area contributed by atoms with Crippen molar-refractivity contribution >= 4 is 0 Å². The monoisotopic (exact) mass is 185 g/mol. The maximum Gasteiger partial charge on any atom is 0.0661 e. The first-order valence-corrected chi connectivity index (χ1v) is 5.43. The average Bonchev–Trinajstić information content (AvgIpc) is 2.96. The molecule has 13 heavy (non-hydrogen) atoms. The second-order valence-corrected chi connectivity index (χ2v) is 4.83. The molecule has 0 bridgehead atoms.